The zero-order valence-corrected chi connectivity index (χ0v) is 5.87. The van der Waals surface area contributed by atoms with Crippen LogP contribution in [0.4, 0.5) is 0 Å². The molecular weight excluding hydrogens is 120 g/mol. The minimum absolute atomic E-state index is 0.250. The molecule has 0 amide bonds. The lowest BCUT2D eigenvalue weighted by molar-refractivity contribution is -0.104. The van der Waals surface area contributed by atoms with E-state index in [1.54, 1.807) is 6.92 Å². The predicted molar refractivity (Wildman–Crippen MR) is 37.2 cm³/mol. The molecule has 0 fully saturated rings. The fourth-order valence-electron chi connectivity index (χ4n) is 0. The van der Waals surface area contributed by atoms with Crippen LogP contribution in [-0.4, -0.2) is 30.2 Å². The molecule has 0 radical (unpaired) electrons. The van der Waals surface area contributed by atoms with Crippen LogP contribution in [0.2, 0.25) is 0 Å². The maximum absolute atomic E-state index is 9.06. The van der Waals surface area contributed by atoms with Gasteiger partial charge in [0.05, 0.1) is 0 Å². The van der Waals surface area contributed by atoms with Crippen molar-refractivity contribution in [1.29, 1.82) is 0 Å². The summed E-state index contributed by atoms with van der Waals surface area (Å²) < 4.78 is 0. The summed E-state index contributed by atoms with van der Waals surface area (Å²) in [7, 11) is 1.00. The molecule has 0 rings (SSSR count). The number of allylic oxidation sites excluding steroid dienone is 1. The van der Waals surface area contributed by atoms with E-state index in [-0.39, 0.29) is 6.61 Å². The molecule has 0 aromatic rings. The van der Waals surface area contributed by atoms with E-state index in [4.69, 9.17) is 15.0 Å². The van der Waals surface area contributed by atoms with Crippen molar-refractivity contribution in [3.63, 3.8) is 0 Å². The van der Waals surface area contributed by atoms with Crippen LogP contribution in [0.1, 0.15) is 6.92 Å². The quantitative estimate of drug-likeness (QED) is 0.391. The first-order valence-electron chi connectivity index (χ1n) is 2.45. The van der Waals surface area contributed by atoms with Gasteiger partial charge in [-0.3, -0.25) is 4.79 Å². The highest BCUT2D eigenvalue weighted by Gasteiger charge is 1.38. The van der Waals surface area contributed by atoms with Crippen molar-refractivity contribution in [2.75, 3.05) is 13.7 Å². The first-order chi connectivity index (χ1) is 4.33. The van der Waals surface area contributed by atoms with Crippen LogP contribution in [-0.2, 0) is 4.79 Å². The van der Waals surface area contributed by atoms with Gasteiger partial charge in [0.1, 0.15) is 6.29 Å². The molecule has 0 aliphatic rings. The summed E-state index contributed by atoms with van der Waals surface area (Å²) in [6.45, 7) is 5.04. The Labute approximate surface area is 55.6 Å². The van der Waals surface area contributed by atoms with Gasteiger partial charge >= 0.3 is 0 Å². The first-order valence-corrected chi connectivity index (χ1v) is 2.45. The van der Waals surface area contributed by atoms with Gasteiger partial charge in [0, 0.05) is 13.7 Å². The molecule has 0 aromatic carbocycles. The van der Waals surface area contributed by atoms with Gasteiger partial charge in [-0.05, 0) is 13.0 Å². The van der Waals surface area contributed by atoms with E-state index in [0.717, 1.165) is 7.11 Å². The van der Waals surface area contributed by atoms with Crippen LogP contribution in [0.5, 0.6) is 0 Å². The Bertz CT molecular complexity index is 37.6. The number of aliphatic hydroxyl groups is 2. The van der Waals surface area contributed by atoms with E-state index in [2.05, 4.69) is 6.58 Å². The predicted octanol–water partition coefficient (Wildman–Crippen LogP) is -0.0216. The summed E-state index contributed by atoms with van der Waals surface area (Å²) in [6, 6.07) is 0. The molecule has 3 heteroatoms. The van der Waals surface area contributed by atoms with E-state index >= 15 is 0 Å². The molecule has 0 spiro atoms. The molecule has 56 valence electrons. The molecule has 3 nitrogen and oxygen atoms in total. The largest absolute Gasteiger partial charge is 0.400 e. The van der Waals surface area contributed by atoms with Crippen LogP contribution in [0.15, 0.2) is 12.7 Å². The third-order valence-electron chi connectivity index (χ3n) is 0.0962. The van der Waals surface area contributed by atoms with Gasteiger partial charge in [-0.1, -0.05) is 6.58 Å². The molecule has 0 unspecified atom stereocenters. The summed E-state index contributed by atoms with van der Waals surface area (Å²) in [5.74, 6) is 0. The number of carbonyl (C=O) groups is 1. The van der Waals surface area contributed by atoms with Gasteiger partial charge < -0.3 is 10.2 Å². The monoisotopic (exact) mass is 134 g/mol. The third-order valence-corrected chi connectivity index (χ3v) is 0.0962. The molecule has 0 heterocycles. The number of aldehydes is 1. The SMILES string of the molecule is C=CC=O.CCO.CO. The number of hydrogen-bond donors (Lipinski definition) is 2. The molecular formula is C6H14O3. The fourth-order valence-corrected chi connectivity index (χ4v) is 0. The van der Waals surface area contributed by atoms with Gasteiger partial charge in [0.15, 0.2) is 0 Å². The second kappa shape index (κ2) is 54.1. The fraction of sp³-hybridized carbons (Fsp3) is 0.500. The van der Waals surface area contributed by atoms with E-state index in [9.17, 15) is 0 Å². The van der Waals surface area contributed by atoms with Crippen LogP contribution in [0.3, 0.4) is 0 Å². The highest BCUT2D eigenvalue weighted by molar-refractivity contribution is 5.63. The number of aliphatic hydroxyl groups excluding tert-OH is 2. The number of carbonyl (C=O) groups excluding carboxylic acids is 1. The minimum Gasteiger partial charge on any atom is -0.400 e. The lowest BCUT2D eigenvalue weighted by atomic mass is 10.8. The Kier molecular flexibility index (Phi) is 94.7. The second-order valence-electron chi connectivity index (χ2n) is 0.688. The Morgan fingerprint density at radius 2 is 1.67 bits per heavy atom. The maximum Gasteiger partial charge on any atom is 0.142 e. The highest BCUT2D eigenvalue weighted by Crippen LogP contribution is 1.35. The topological polar surface area (TPSA) is 57.5 Å². The maximum atomic E-state index is 9.06. The van der Waals surface area contributed by atoms with Crippen LogP contribution in [0.25, 0.3) is 0 Å². The number of hydrogen-bond acceptors (Lipinski definition) is 3. The second-order valence-corrected chi connectivity index (χ2v) is 0.688. The molecule has 0 aromatic heterocycles. The molecule has 0 bridgehead atoms. The van der Waals surface area contributed by atoms with Gasteiger partial charge in [0.2, 0.25) is 0 Å². The summed E-state index contributed by atoms with van der Waals surface area (Å²) >= 11 is 0. The minimum atomic E-state index is 0.250. The van der Waals surface area contributed by atoms with Crippen molar-refractivity contribution < 1.29 is 15.0 Å². The lowest BCUT2D eigenvalue weighted by Gasteiger charge is -1.52. The van der Waals surface area contributed by atoms with Crippen molar-refractivity contribution in [3.8, 4) is 0 Å². The molecule has 2 N–H and O–H groups in total. The molecule has 0 atom stereocenters. The van der Waals surface area contributed by atoms with Crippen molar-refractivity contribution in [2.45, 2.75) is 6.92 Å². The summed E-state index contributed by atoms with van der Waals surface area (Å²) in [5, 5.41) is 14.6. The normalized spacial score (nSPS) is 4.89. The van der Waals surface area contributed by atoms with Crippen LogP contribution in [0, 0.1) is 0 Å². The van der Waals surface area contributed by atoms with E-state index in [1.165, 1.54) is 6.08 Å². The standard InChI is InChI=1S/C3H4O.C2H6O.CH4O/c1-2-3-4;1-2-3;1-2/h2-3H,1H2;3H,2H2,1H3;2H,1H3. The van der Waals surface area contributed by atoms with Gasteiger partial charge in [-0.15, -0.1) is 0 Å². The average Bonchev–Trinajstić information content (AvgIpc) is 1.94. The molecule has 0 saturated carbocycles. The smallest absolute Gasteiger partial charge is 0.142 e. The summed E-state index contributed by atoms with van der Waals surface area (Å²) in [5.41, 5.74) is 0. The zero-order valence-electron chi connectivity index (χ0n) is 5.87. The average molecular weight is 134 g/mol. The Morgan fingerprint density at radius 1 is 1.56 bits per heavy atom. The van der Waals surface area contributed by atoms with Crippen LogP contribution < -0.4 is 0 Å². The Morgan fingerprint density at radius 3 is 1.67 bits per heavy atom. The van der Waals surface area contributed by atoms with Gasteiger partial charge in [-0.2, -0.15) is 0 Å². The molecule has 0 aliphatic heterocycles. The van der Waals surface area contributed by atoms with Gasteiger partial charge in [0.25, 0.3) is 0 Å². The van der Waals surface area contributed by atoms with Crippen LogP contribution >= 0.6 is 0 Å². The van der Waals surface area contributed by atoms with Crippen molar-refractivity contribution >= 4 is 6.29 Å². The van der Waals surface area contributed by atoms with E-state index in [0.29, 0.717) is 6.29 Å². The first kappa shape index (κ1) is 15.8. The van der Waals surface area contributed by atoms with Crippen molar-refractivity contribution in [2.24, 2.45) is 0 Å². The summed E-state index contributed by atoms with van der Waals surface area (Å²) in [4.78, 5) is 9.06. The van der Waals surface area contributed by atoms with Crippen molar-refractivity contribution in [3.05, 3.63) is 12.7 Å². The van der Waals surface area contributed by atoms with E-state index in [1.807, 2.05) is 0 Å². The zero-order chi connectivity index (χ0) is 8.12. The third kappa shape index (κ3) is 1910. The van der Waals surface area contributed by atoms with E-state index < -0.39 is 0 Å². The van der Waals surface area contributed by atoms with Crippen molar-refractivity contribution in [1.82, 2.24) is 0 Å². The molecule has 0 aliphatic carbocycles. The number of rotatable bonds is 1. The molecule has 9 heavy (non-hydrogen) atoms. The Balaban J connectivity index is -0.0000000646. The lowest BCUT2D eigenvalue weighted by Crippen LogP contribution is -1.57. The Hall–Kier alpha value is -0.670. The van der Waals surface area contributed by atoms with Gasteiger partial charge in [-0.25, -0.2) is 0 Å². The summed E-state index contributed by atoms with van der Waals surface area (Å²) in [6.07, 6.45) is 1.83. The highest BCUT2D eigenvalue weighted by atomic mass is 16.2. The molecule has 0 saturated heterocycles.